The first kappa shape index (κ1) is 20.7. The van der Waals surface area contributed by atoms with E-state index in [1.807, 2.05) is 13.0 Å². The summed E-state index contributed by atoms with van der Waals surface area (Å²) in [7, 11) is 3.34. The van der Waals surface area contributed by atoms with Crippen LogP contribution < -0.4 is 10.1 Å². The van der Waals surface area contributed by atoms with Crippen LogP contribution in [-0.4, -0.2) is 37.4 Å². The molecule has 0 spiro atoms. The molecule has 0 fully saturated rings. The molecule has 0 aliphatic rings. The Kier molecular flexibility index (Phi) is 7.35. The highest BCUT2D eigenvalue weighted by Crippen LogP contribution is 2.16. The van der Waals surface area contributed by atoms with E-state index in [-0.39, 0.29) is 11.5 Å². The van der Waals surface area contributed by atoms with E-state index in [1.54, 1.807) is 62.6 Å². The van der Waals surface area contributed by atoms with Gasteiger partial charge in [0.25, 0.3) is 11.8 Å². The van der Waals surface area contributed by atoms with Crippen LogP contribution in [0.1, 0.15) is 29.3 Å². The van der Waals surface area contributed by atoms with Crippen molar-refractivity contribution in [3.63, 3.8) is 0 Å². The lowest BCUT2D eigenvalue weighted by Gasteiger charge is -2.11. The maximum absolute atomic E-state index is 12.4. The number of hydrogen-bond acceptors (Lipinski definition) is 4. The van der Waals surface area contributed by atoms with Crippen molar-refractivity contribution in [2.24, 2.45) is 0 Å². The molecule has 1 N–H and O–H groups in total. The largest absolute Gasteiger partial charge is 0.494 e. The van der Waals surface area contributed by atoms with E-state index in [4.69, 9.17) is 4.74 Å². The Labute approximate surface area is 165 Å². The first-order chi connectivity index (χ1) is 13.4. The molecule has 28 heavy (non-hydrogen) atoms. The van der Waals surface area contributed by atoms with Crippen molar-refractivity contribution in [2.45, 2.75) is 13.3 Å². The van der Waals surface area contributed by atoms with E-state index in [0.29, 0.717) is 17.9 Å². The summed E-state index contributed by atoms with van der Waals surface area (Å²) in [6.07, 6.45) is 2.44. The van der Waals surface area contributed by atoms with Gasteiger partial charge in [0.15, 0.2) is 0 Å². The smallest absolute Gasteiger partial charge is 0.266 e. The molecule has 6 nitrogen and oxygen atoms in total. The first-order valence-electron chi connectivity index (χ1n) is 8.92. The maximum atomic E-state index is 12.4. The quantitative estimate of drug-likeness (QED) is 0.589. The number of carbonyl (C=O) groups is 2. The van der Waals surface area contributed by atoms with Crippen molar-refractivity contribution in [2.75, 3.05) is 26.0 Å². The van der Waals surface area contributed by atoms with E-state index in [1.165, 1.54) is 11.0 Å². The molecular weight excluding hydrogens is 354 g/mol. The standard InChI is InChI=1S/C22H23N3O3/c1-4-13-28-20-11-5-16(6-12-20)14-18(15-23)21(26)24-19-9-7-17(8-10-19)22(27)25(2)3/h5-12,14H,4,13H2,1-3H3,(H,24,26)/b18-14+. The summed E-state index contributed by atoms with van der Waals surface area (Å²) < 4.78 is 5.52. The highest BCUT2D eigenvalue weighted by molar-refractivity contribution is 6.09. The fraction of sp³-hybridized carbons (Fsp3) is 0.227. The molecule has 0 radical (unpaired) electrons. The van der Waals surface area contributed by atoms with Crippen molar-refractivity contribution in [3.05, 3.63) is 65.2 Å². The zero-order valence-corrected chi connectivity index (χ0v) is 16.2. The Morgan fingerprint density at radius 3 is 2.29 bits per heavy atom. The molecule has 2 rings (SSSR count). The van der Waals surface area contributed by atoms with Crippen molar-refractivity contribution in [3.8, 4) is 11.8 Å². The van der Waals surface area contributed by atoms with E-state index in [9.17, 15) is 14.9 Å². The average molecular weight is 377 g/mol. The van der Waals surface area contributed by atoms with Gasteiger partial charge in [0, 0.05) is 25.3 Å². The maximum Gasteiger partial charge on any atom is 0.266 e. The van der Waals surface area contributed by atoms with Gasteiger partial charge in [-0.2, -0.15) is 5.26 Å². The van der Waals surface area contributed by atoms with Gasteiger partial charge >= 0.3 is 0 Å². The molecule has 144 valence electrons. The number of nitrogens with zero attached hydrogens (tertiary/aromatic N) is 2. The normalized spacial score (nSPS) is 10.7. The number of anilines is 1. The minimum absolute atomic E-state index is 0.0179. The van der Waals surface area contributed by atoms with Gasteiger partial charge in [0.2, 0.25) is 0 Å². The Morgan fingerprint density at radius 1 is 1.11 bits per heavy atom. The highest BCUT2D eigenvalue weighted by Gasteiger charge is 2.11. The predicted molar refractivity (Wildman–Crippen MR) is 109 cm³/mol. The van der Waals surface area contributed by atoms with Crippen LogP contribution in [0.15, 0.2) is 54.1 Å². The third-order valence-corrected chi connectivity index (χ3v) is 3.82. The number of ether oxygens (including phenoxy) is 1. The van der Waals surface area contributed by atoms with Gasteiger partial charge < -0.3 is 15.0 Å². The molecule has 0 aliphatic heterocycles. The number of nitriles is 1. The van der Waals surface area contributed by atoms with E-state index >= 15 is 0 Å². The Morgan fingerprint density at radius 2 is 1.75 bits per heavy atom. The van der Waals surface area contributed by atoms with E-state index in [2.05, 4.69) is 5.32 Å². The van der Waals surface area contributed by atoms with Crippen molar-refractivity contribution >= 4 is 23.6 Å². The van der Waals surface area contributed by atoms with Gasteiger partial charge in [-0.15, -0.1) is 0 Å². The van der Waals surface area contributed by atoms with Crippen LogP contribution in [0.5, 0.6) is 5.75 Å². The molecule has 0 heterocycles. The molecule has 0 aliphatic carbocycles. The lowest BCUT2D eigenvalue weighted by molar-refractivity contribution is -0.112. The molecule has 0 atom stereocenters. The van der Waals surface area contributed by atoms with Gasteiger partial charge in [0.05, 0.1) is 6.61 Å². The number of amides is 2. The monoisotopic (exact) mass is 377 g/mol. The molecule has 2 aromatic rings. The van der Waals surface area contributed by atoms with Crippen LogP contribution in [-0.2, 0) is 4.79 Å². The first-order valence-corrected chi connectivity index (χ1v) is 8.92. The summed E-state index contributed by atoms with van der Waals surface area (Å²) >= 11 is 0. The lowest BCUT2D eigenvalue weighted by Crippen LogP contribution is -2.21. The molecule has 0 unspecified atom stereocenters. The number of rotatable bonds is 7. The Hall–Kier alpha value is -3.59. The summed E-state index contributed by atoms with van der Waals surface area (Å²) in [5.74, 6) is 0.108. The molecule has 0 aromatic heterocycles. The third kappa shape index (κ3) is 5.71. The van der Waals surface area contributed by atoms with Gasteiger partial charge in [-0.05, 0) is 54.5 Å². The van der Waals surface area contributed by atoms with E-state index < -0.39 is 5.91 Å². The summed E-state index contributed by atoms with van der Waals surface area (Å²) in [5.41, 5.74) is 1.73. The predicted octanol–water partition coefficient (Wildman–Crippen LogP) is 3.72. The van der Waals surface area contributed by atoms with Crippen molar-refractivity contribution < 1.29 is 14.3 Å². The van der Waals surface area contributed by atoms with Gasteiger partial charge in [-0.25, -0.2) is 0 Å². The second-order valence-electron chi connectivity index (χ2n) is 6.32. The molecule has 0 saturated carbocycles. The lowest BCUT2D eigenvalue weighted by atomic mass is 10.1. The second-order valence-corrected chi connectivity index (χ2v) is 6.32. The number of hydrogen-bond donors (Lipinski definition) is 1. The molecule has 0 bridgehead atoms. The fourth-order valence-electron chi connectivity index (χ4n) is 2.35. The van der Waals surface area contributed by atoms with Crippen molar-refractivity contribution in [1.29, 1.82) is 5.26 Å². The van der Waals surface area contributed by atoms with Crippen LogP contribution in [0, 0.1) is 11.3 Å². The molecule has 0 saturated heterocycles. The summed E-state index contributed by atoms with van der Waals surface area (Å²) in [6.45, 7) is 2.67. The van der Waals surface area contributed by atoms with Crippen molar-refractivity contribution in [1.82, 2.24) is 4.90 Å². The van der Waals surface area contributed by atoms with Gasteiger partial charge in [0.1, 0.15) is 17.4 Å². The average Bonchev–Trinajstić information content (AvgIpc) is 2.71. The second kappa shape index (κ2) is 9.93. The van der Waals surface area contributed by atoms with Gasteiger partial charge in [-0.1, -0.05) is 19.1 Å². The molecule has 2 amide bonds. The Bertz CT molecular complexity index is 892. The fourth-order valence-corrected chi connectivity index (χ4v) is 2.35. The zero-order chi connectivity index (χ0) is 20.5. The van der Waals surface area contributed by atoms with Gasteiger partial charge in [-0.3, -0.25) is 9.59 Å². The minimum Gasteiger partial charge on any atom is -0.494 e. The number of benzene rings is 2. The highest BCUT2D eigenvalue weighted by atomic mass is 16.5. The summed E-state index contributed by atoms with van der Waals surface area (Å²) in [4.78, 5) is 25.8. The minimum atomic E-state index is -0.513. The van der Waals surface area contributed by atoms with Crippen LogP contribution in [0.25, 0.3) is 6.08 Å². The summed E-state index contributed by atoms with van der Waals surface area (Å²) in [5, 5.41) is 12.0. The van der Waals surface area contributed by atoms with E-state index in [0.717, 1.165) is 17.7 Å². The SMILES string of the molecule is CCCOc1ccc(/C=C(\C#N)C(=O)Nc2ccc(C(=O)N(C)C)cc2)cc1. The number of nitrogens with one attached hydrogen (secondary N) is 1. The Balaban J connectivity index is 2.07. The van der Waals surface area contributed by atoms with Crippen LogP contribution in [0.3, 0.4) is 0 Å². The number of carbonyl (C=O) groups excluding carboxylic acids is 2. The molecule has 2 aromatic carbocycles. The van der Waals surface area contributed by atoms with Crippen LogP contribution in [0.2, 0.25) is 0 Å². The summed E-state index contributed by atoms with van der Waals surface area (Å²) in [6, 6.07) is 15.6. The molecular formula is C22H23N3O3. The van der Waals surface area contributed by atoms with Crippen LogP contribution >= 0.6 is 0 Å². The van der Waals surface area contributed by atoms with Crippen LogP contribution in [0.4, 0.5) is 5.69 Å². The third-order valence-electron chi connectivity index (χ3n) is 3.82. The molecule has 6 heteroatoms. The topological polar surface area (TPSA) is 82.4 Å². The zero-order valence-electron chi connectivity index (χ0n) is 16.2.